The van der Waals surface area contributed by atoms with Gasteiger partial charge in [-0.3, -0.25) is 0 Å². The third kappa shape index (κ3) is 8.31. The lowest BCUT2D eigenvalue weighted by Gasteiger charge is -2.14. The Balaban J connectivity index is 2.04. The van der Waals surface area contributed by atoms with Gasteiger partial charge in [0.15, 0.2) is 0 Å². The molecule has 0 spiro atoms. The molecule has 0 heterocycles. The molecule has 1 unspecified atom stereocenters. The van der Waals surface area contributed by atoms with E-state index in [0.29, 0.717) is 6.04 Å². The van der Waals surface area contributed by atoms with Crippen molar-refractivity contribution >= 4 is 0 Å². The maximum absolute atomic E-state index is 13.1. The van der Waals surface area contributed by atoms with Crippen LogP contribution in [0.1, 0.15) is 58.4 Å². The molecule has 0 aliphatic heterocycles. The van der Waals surface area contributed by atoms with Crippen molar-refractivity contribution in [2.75, 3.05) is 6.54 Å². The van der Waals surface area contributed by atoms with Crippen LogP contribution in [0.3, 0.4) is 0 Å². The summed E-state index contributed by atoms with van der Waals surface area (Å²) >= 11 is 0. The Labute approximate surface area is 124 Å². The molecule has 1 aromatic rings. The van der Waals surface area contributed by atoms with Crippen LogP contribution in [0.4, 0.5) is 4.39 Å². The molecule has 0 amide bonds. The summed E-state index contributed by atoms with van der Waals surface area (Å²) in [4.78, 5) is 0. The van der Waals surface area contributed by atoms with Crippen LogP contribution in [0.25, 0.3) is 0 Å². The molecule has 0 radical (unpaired) electrons. The predicted octanol–water partition coefficient (Wildman–Crippen LogP) is 4.95. The molecular formula is C18H30FN. The first kappa shape index (κ1) is 17.2. The van der Waals surface area contributed by atoms with E-state index in [4.69, 9.17) is 0 Å². The van der Waals surface area contributed by atoms with Gasteiger partial charge in [-0.1, -0.05) is 51.7 Å². The van der Waals surface area contributed by atoms with E-state index in [2.05, 4.69) is 26.1 Å². The lowest BCUT2D eigenvalue weighted by atomic mass is 10.0. The van der Waals surface area contributed by atoms with E-state index in [-0.39, 0.29) is 5.82 Å². The maximum atomic E-state index is 13.1. The van der Waals surface area contributed by atoms with E-state index in [9.17, 15) is 4.39 Å². The van der Waals surface area contributed by atoms with Crippen LogP contribution < -0.4 is 5.32 Å². The van der Waals surface area contributed by atoms with Crippen molar-refractivity contribution < 1.29 is 4.39 Å². The summed E-state index contributed by atoms with van der Waals surface area (Å²) < 4.78 is 13.1. The predicted molar refractivity (Wildman–Crippen MR) is 85.5 cm³/mol. The normalized spacial score (nSPS) is 12.8. The maximum Gasteiger partial charge on any atom is 0.123 e. The van der Waals surface area contributed by atoms with Gasteiger partial charge in [0.2, 0.25) is 0 Å². The third-order valence-electron chi connectivity index (χ3n) is 3.63. The van der Waals surface area contributed by atoms with Crippen LogP contribution in [0, 0.1) is 11.7 Å². The van der Waals surface area contributed by atoms with Crippen molar-refractivity contribution in [3.63, 3.8) is 0 Å². The molecule has 0 saturated carbocycles. The molecule has 1 aromatic carbocycles. The van der Waals surface area contributed by atoms with Gasteiger partial charge in [0.05, 0.1) is 0 Å². The summed E-state index contributed by atoms with van der Waals surface area (Å²) in [6.07, 6.45) is 7.50. The van der Waals surface area contributed by atoms with Crippen LogP contribution in [-0.2, 0) is 6.42 Å². The fraction of sp³-hybridized carbons (Fsp3) is 0.667. The molecule has 1 nitrogen and oxygen atoms in total. The van der Waals surface area contributed by atoms with E-state index in [0.717, 1.165) is 24.4 Å². The first-order valence-electron chi connectivity index (χ1n) is 8.05. The van der Waals surface area contributed by atoms with Gasteiger partial charge < -0.3 is 5.32 Å². The van der Waals surface area contributed by atoms with Crippen LogP contribution >= 0.6 is 0 Å². The number of rotatable bonds is 10. The molecule has 0 aliphatic rings. The average Bonchev–Trinajstić information content (AvgIpc) is 2.37. The van der Waals surface area contributed by atoms with Crippen molar-refractivity contribution in [3.05, 3.63) is 35.6 Å². The van der Waals surface area contributed by atoms with Gasteiger partial charge >= 0.3 is 0 Å². The van der Waals surface area contributed by atoms with Gasteiger partial charge in [-0.25, -0.2) is 4.39 Å². The van der Waals surface area contributed by atoms with Gasteiger partial charge in [-0.2, -0.15) is 0 Å². The topological polar surface area (TPSA) is 12.0 Å². The first-order valence-corrected chi connectivity index (χ1v) is 8.05. The average molecular weight is 279 g/mol. The Morgan fingerprint density at radius 2 is 1.80 bits per heavy atom. The van der Waals surface area contributed by atoms with Gasteiger partial charge in [-0.05, 0) is 49.9 Å². The lowest BCUT2D eigenvalue weighted by molar-refractivity contribution is 0.491. The zero-order valence-electron chi connectivity index (χ0n) is 13.3. The third-order valence-corrected chi connectivity index (χ3v) is 3.63. The summed E-state index contributed by atoms with van der Waals surface area (Å²) in [6.45, 7) is 7.81. The molecule has 0 aromatic heterocycles. The molecule has 1 atom stereocenters. The fourth-order valence-electron chi connectivity index (χ4n) is 2.47. The Morgan fingerprint density at radius 1 is 1.05 bits per heavy atom. The van der Waals surface area contributed by atoms with Crippen molar-refractivity contribution in [2.45, 2.75) is 65.3 Å². The molecule has 1 N–H and O–H groups in total. The van der Waals surface area contributed by atoms with Crippen LogP contribution in [0.2, 0.25) is 0 Å². The first-order chi connectivity index (χ1) is 9.58. The molecule has 2 heteroatoms. The SMILES string of the molecule is CC(C)CCCCCCNC(C)Cc1cccc(F)c1. The number of halogens is 1. The van der Waals surface area contributed by atoms with Crippen molar-refractivity contribution in [3.8, 4) is 0 Å². The second kappa shape index (κ2) is 9.93. The van der Waals surface area contributed by atoms with E-state index in [1.54, 1.807) is 12.1 Å². The second-order valence-corrected chi connectivity index (χ2v) is 6.29. The number of benzene rings is 1. The quantitative estimate of drug-likeness (QED) is 0.597. The van der Waals surface area contributed by atoms with Crippen LogP contribution in [0.5, 0.6) is 0 Å². The number of unbranched alkanes of at least 4 members (excludes halogenated alkanes) is 3. The minimum Gasteiger partial charge on any atom is -0.314 e. The van der Waals surface area contributed by atoms with Crippen LogP contribution in [0.15, 0.2) is 24.3 Å². The minimum atomic E-state index is -0.139. The monoisotopic (exact) mass is 279 g/mol. The van der Waals surface area contributed by atoms with Gasteiger partial charge in [-0.15, -0.1) is 0 Å². The van der Waals surface area contributed by atoms with Crippen molar-refractivity contribution in [2.24, 2.45) is 5.92 Å². The molecule has 0 bridgehead atoms. The number of nitrogens with one attached hydrogen (secondary N) is 1. The summed E-state index contributed by atoms with van der Waals surface area (Å²) in [7, 11) is 0. The molecule has 1 rings (SSSR count). The Kier molecular flexibility index (Phi) is 8.52. The Morgan fingerprint density at radius 3 is 2.50 bits per heavy atom. The van der Waals surface area contributed by atoms with E-state index in [1.165, 1.54) is 38.2 Å². The van der Waals surface area contributed by atoms with E-state index >= 15 is 0 Å². The highest BCUT2D eigenvalue weighted by Crippen LogP contribution is 2.09. The van der Waals surface area contributed by atoms with E-state index in [1.807, 2.05) is 6.07 Å². The Hall–Kier alpha value is -0.890. The fourth-order valence-corrected chi connectivity index (χ4v) is 2.47. The number of hydrogen-bond donors (Lipinski definition) is 1. The van der Waals surface area contributed by atoms with E-state index < -0.39 is 0 Å². The molecule has 20 heavy (non-hydrogen) atoms. The zero-order chi connectivity index (χ0) is 14.8. The molecular weight excluding hydrogens is 249 g/mol. The second-order valence-electron chi connectivity index (χ2n) is 6.29. The highest BCUT2D eigenvalue weighted by atomic mass is 19.1. The summed E-state index contributed by atoms with van der Waals surface area (Å²) in [5.74, 6) is 0.694. The highest BCUT2D eigenvalue weighted by molar-refractivity contribution is 5.17. The van der Waals surface area contributed by atoms with Crippen molar-refractivity contribution in [1.82, 2.24) is 5.32 Å². The summed E-state index contributed by atoms with van der Waals surface area (Å²) in [6, 6.07) is 7.31. The Bertz CT molecular complexity index is 362. The molecule has 114 valence electrons. The lowest BCUT2D eigenvalue weighted by Crippen LogP contribution is -2.29. The minimum absolute atomic E-state index is 0.139. The zero-order valence-corrected chi connectivity index (χ0v) is 13.3. The van der Waals surface area contributed by atoms with Gasteiger partial charge in [0, 0.05) is 6.04 Å². The van der Waals surface area contributed by atoms with Gasteiger partial charge in [0.25, 0.3) is 0 Å². The van der Waals surface area contributed by atoms with Crippen LogP contribution in [-0.4, -0.2) is 12.6 Å². The smallest absolute Gasteiger partial charge is 0.123 e. The highest BCUT2D eigenvalue weighted by Gasteiger charge is 2.03. The molecule has 0 fully saturated rings. The molecule has 0 aliphatic carbocycles. The summed E-state index contributed by atoms with van der Waals surface area (Å²) in [5, 5.41) is 3.53. The molecule has 0 saturated heterocycles. The largest absolute Gasteiger partial charge is 0.314 e. The van der Waals surface area contributed by atoms with Crippen molar-refractivity contribution in [1.29, 1.82) is 0 Å². The van der Waals surface area contributed by atoms with Gasteiger partial charge in [0.1, 0.15) is 5.82 Å². The standard InChI is InChI=1S/C18H30FN/c1-15(2)9-6-4-5-7-12-20-16(3)13-17-10-8-11-18(19)14-17/h8,10-11,14-16,20H,4-7,9,12-13H2,1-3H3. The summed E-state index contributed by atoms with van der Waals surface area (Å²) in [5.41, 5.74) is 1.07. The number of hydrogen-bond acceptors (Lipinski definition) is 1.